The molecule has 0 aromatic heterocycles. The van der Waals surface area contributed by atoms with E-state index in [1.165, 1.54) is 19.2 Å². The van der Waals surface area contributed by atoms with E-state index in [9.17, 15) is 48.0 Å². The number of aromatic hydroxyl groups is 1. The molecule has 0 spiro atoms. The van der Waals surface area contributed by atoms with Gasteiger partial charge in [-0.2, -0.15) is 13.2 Å². The lowest BCUT2D eigenvalue weighted by atomic mass is 9.60. The van der Waals surface area contributed by atoms with E-state index in [0.717, 1.165) is 0 Å². The van der Waals surface area contributed by atoms with Crippen LogP contribution in [0.15, 0.2) is 53.0 Å². The molecule has 2 aromatic rings. The van der Waals surface area contributed by atoms with Gasteiger partial charge in [0, 0.05) is 30.0 Å². The third-order valence-electron chi connectivity index (χ3n) is 8.15. The molecule has 2 aromatic carbocycles. The van der Waals surface area contributed by atoms with E-state index in [4.69, 9.17) is 10.5 Å². The Morgan fingerprint density at radius 3 is 2.48 bits per heavy atom. The number of benzene rings is 2. The van der Waals surface area contributed by atoms with Crippen molar-refractivity contribution in [3.8, 4) is 22.6 Å². The van der Waals surface area contributed by atoms with Crippen molar-refractivity contribution >= 4 is 17.5 Å². The van der Waals surface area contributed by atoms with Crippen LogP contribution in [0.5, 0.6) is 11.5 Å². The van der Waals surface area contributed by atoms with Crippen LogP contribution in [0.25, 0.3) is 11.1 Å². The lowest BCUT2D eigenvalue weighted by molar-refractivity contribution is -0.144. The van der Waals surface area contributed by atoms with Crippen LogP contribution in [0.3, 0.4) is 0 Å². The number of nitrogens with two attached hydrogens (primary N) is 1. The molecule has 0 fully saturated rings. The van der Waals surface area contributed by atoms with Crippen molar-refractivity contribution in [2.75, 3.05) is 13.7 Å². The Labute approximate surface area is 236 Å². The molecule has 0 bridgehead atoms. The smallest absolute Gasteiger partial charge is 0.401 e. The summed E-state index contributed by atoms with van der Waals surface area (Å²) in [5.74, 6) is -6.97. The number of aliphatic hydroxyl groups excluding tert-OH is 2. The fraction of sp³-hybridized carbons (Fsp3) is 0.345. The lowest BCUT2D eigenvalue weighted by Crippen LogP contribution is -2.57. The number of amides is 1. The third kappa shape index (κ3) is 4.58. The number of Topliss-reactive ketones (excluding diaryl/α,β-unsaturated/α-hetero) is 2. The number of aliphatic hydroxyl groups is 3. The van der Waals surface area contributed by atoms with Crippen LogP contribution in [0.2, 0.25) is 0 Å². The molecule has 10 nitrogen and oxygen atoms in total. The van der Waals surface area contributed by atoms with E-state index >= 15 is 0 Å². The molecular formula is C29H27F3N2O8. The number of rotatable bonds is 6. The minimum atomic E-state index is -4.40. The Kier molecular flexibility index (Phi) is 7.06. The van der Waals surface area contributed by atoms with Crippen molar-refractivity contribution in [1.82, 2.24) is 5.32 Å². The molecule has 5 rings (SSSR count). The van der Waals surface area contributed by atoms with Gasteiger partial charge in [-0.3, -0.25) is 14.4 Å². The van der Waals surface area contributed by atoms with Crippen molar-refractivity contribution in [1.29, 1.82) is 0 Å². The maximum absolute atomic E-state index is 13.8. The van der Waals surface area contributed by atoms with Crippen LogP contribution < -0.4 is 15.8 Å². The highest BCUT2D eigenvalue weighted by Crippen LogP contribution is 2.52. The van der Waals surface area contributed by atoms with Crippen LogP contribution in [0.4, 0.5) is 13.2 Å². The Bertz CT molecular complexity index is 1600. The Morgan fingerprint density at radius 1 is 1.12 bits per heavy atom. The SMILES string of the molecule is COc1ccc(CNCC(F)(F)F)cc1-c1ccc(O)c2c1C[C@H]1C[C@H]3CC(O)=C(C(N)=O)C(=O)[C@@]3(O)C(O)=C1C2=O. The number of fused-ring (bicyclic) bond motifs is 3. The molecule has 0 radical (unpaired) electrons. The first-order valence-corrected chi connectivity index (χ1v) is 13.0. The van der Waals surface area contributed by atoms with E-state index in [2.05, 4.69) is 5.32 Å². The fourth-order valence-corrected chi connectivity index (χ4v) is 6.30. The first kappa shape index (κ1) is 29.1. The van der Waals surface area contributed by atoms with E-state index in [-0.39, 0.29) is 36.9 Å². The molecule has 1 amide bonds. The van der Waals surface area contributed by atoms with Crippen molar-refractivity contribution in [2.24, 2.45) is 17.6 Å². The molecular weight excluding hydrogens is 561 g/mol. The highest BCUT2D eigenvalue weighted by atomic mass is 19.4. The molecule has 3 aliphatic carbocycles. The second-order valence-electron chi connectivity index (χ2n) is 10.6. The fourth-order valence-electron chi connectivity index (χ4n) is 6.30. The van der Waals surface area contributed by atoms with Gasteiger partial charge < -0.3 is 36.2 Å². The zero-order valence-electron chi connectivity index (χ0n) is 22.2. The zero-order valence-corrected chi connectivity index (χ0v) is 22.2. The molecule has 42 heavy (non-hydrogen) atoms. The minimum Gasteiger partial charge on any atom is -0.511 e. The summed E-state index contributed by atoms with van der Waals surface area (Å²) < 4.78 is 43.4. The molecule has 3 atom stereocenters. The van der Waals surface area contributed by atoms with Gasteiger partial charge in [-0.05, 0) is 53.6 Å². The molecule has 0 heterocycles. The third-order valence-corrected chi connectivity index (χ3v) is 8.15. The number of ether oxygens (including phenoxy) is 1. The molecule has 0 unspecified atom stereocenters. The predicted octanol–water partition coefficient (Wildman–Crippen LogP) is 2.91. The van der Waals surface area contributed by atoms with E-state index in [1.54, 1.807) is 18.2 Å². The molecule has 222 valence electrons. The number of phenolic OH excluding ortho intramolecular Hbond substituents is 1. The summed E-state index contributed by atoms with van der Waals surface area (Å²) in [6, 6.07) is 7.55. The number of phenols is 1. The van der Waals surface area contributed by atoms with Gasteiger partial charge in [0.25, 0.3) is 5.91 Å². The van der Waals surface area contributed by atoms with Crippen molar-refractivity contribution in [3.05, 3.63) is 69.7 Å². The van der Waals surface area contributed by atoms with Gasteiger partial charge in [0.2, 0.25) is 5.78 Å². The van der Waals surface area contributed by atoms with E-state index in [0.29, 0.717) is 28.0 Å². The quantitative estimate of drug-likeness (QED) is 0.277. The van der Waals surface area contributed by atoms with Gasteiger partial charge in [-0.15, -0.1) is 0 Å². The van der Waals surface area contributed by atoms with Crippen molar-refractivity contribution in [3.63, 3.8) is 0 Å². The summed E-state index contributed by atoms with van der Waals surface area (Å²) in [7, 11) is 1.40. The number of primary amides is 1. The van der Waals surface area contributed by atoms with Crippen LogP contribution in [-0.2, 0) is 22.6 Å². The largest absolute Gasteiger partial charge is 0.511 e. The first-order valence-electron chi connectivity index (χ1n) is 13.0. The number of hydrogen-bond donors (Lipinski definition) is 6. The van der Waals surface area contributed by atoms with E-state index in [1.807, 2.05) is 0 Å². The molecule has 0 saturated carbocycles. The number of methoxy groups -OCH3 is 1. The maximum Gasteiger partial charge on any atom is 0.401 e. The average molecular weight is 589 g/mol. The number of ketones is 2. The molecule has 0 aliphatic heterocycles. The van der Waals surface area contributed by atoms with Gasteiger partial charge in [0.15, 0.2) is 11.4 Å². The molecule has 3 aliphatic rings. The summed E-state index contributed by atoms with van der Waals surface area (Å²) in [6.07, 6.45) is -4.75. The first-order chi connectivity index (χ1) is 19.7. The second-order valence-corrected chi connectivity index (χ2v) is 10.6. The number of allylic oxidation sites excluding steroid dienone is 2. The van der Waals surface area contributed by atoms with Crippen molar-refractivity contribution in [2.45, 2.75) is 37.6 Å². The van der Waals surface area contributed by atoms with Crippen LogP contribution in [-0.4, -0.2) is 63.3 Å². The monoisotopic (exact) mass is 588 g/mol. The summed E-state index contributed by atoms with van der Waals surface area (Å²) >= 11 is 0. The Hall–Kier alpha value is -4.36. The van der Waals surface area contributed by atoms with Gasteiger partial charge in [-0.1, -0.05) is 12.1 Å². The average Bonchev–Trinajstić information content (AvgIpc) is 2.90. The number of alkyl halides is 3. The Morgan fingerprint density at radius 2 is 1.83 bits per heavy atom. The van der Waals surface area contributed by atoms with Crippen LogP contribution >= 0.6 is 0 Å². The van der Waals surface area contributed by atoms with Gasteiger partial charge in [-0.25, -0.2) is 0 Å². The number of carbonyl (C=O) groups is 3. The highest BCUT2D eigenvalue weighted by Gasteiger charge is 2.59. The number of nitrogens with one attached hydrogen (secondary N) is 1. The molecule has 0 saturated heterocycles. The summed E-state index contributed by atoms with van der Waals surface area (Å²) in [5, 5.41) is 46.0. The summed E-state index contributed by atoms with van der Waals surface area (Å²) in [6.45, 7) is -1.31. The number of halogens is 3. The topological polar surface area (TPSA) is 179 Å². The Balaban J connectivity index is 1.60. The normalized spacial score (nSPS) is 23.8. The maximum atomic E-state index is 13.8. The van der Waals surface area contributed by atoms with Crippen LogP contribution in [0, 0.1) is 11.8 Å². The van der Waals surface area contributed by atoms with Crippen molar-refractivity contribution < 1.29 is 52.7 Å². The second kappa shape index (κ2) is 10.2. The summed E-state index contributed by atoms with van der Waals surface area (Å²) in [4.78, 5) is 38.7. The van der Waals surface area contributed by atoms with E-state index < -0.39 is 70.5 Å². The minimum absolute atomic E-state index is 0.0451. The number of hydrogen-bond acceptors (Lipinski definition) is 9. The predicted molar refractivity (Wildman–Crippen MR) is 141 cm³/mol. The zero-order chi connectivity index (χ0) is 30.7. The molecule has 13 heteroatoms. The van der Waals surface area contributed by atoms with Gasteiger partial charge >= 0.3 is 6.18 Å². The lowest BCUT2D eigenvalue weighted by Gasteiger charge is -2.45. The molecule has 7 N–H and O–H groups in total. The standard InChI is InChI=1S/C29H27F3N2O8/c1-42-20-5-2-12(10-34-11-28(30,31)32)6-16(20)15-3-4-18(35)22-17(15)8-13-7-14-9-19(36)23(27(33)40)26(39)29(14,41)25(38)21(13)24(22)37/h2-6,13-14,34-36,38,41H,7-11H2,1H3,(H2,33,40)/t13-,14+,29+/m1/s1. The summed E-state index contributed by atoms with van der Waals surface area (Å²) in [5.41, 5.74) is 2.94. The van der Waals surface area contributed by atoms with Gasteiger partial charge in [0.05, 0.1) is 19.2 Å². The number of carbonyl (C=O) groups excluding carboxylic acids is 3. The van der Waals surface area contributed by atoms with Crippen LogP contribution in [0.1, 0.15) is 34.3 Å². The van der Waals surface area contributed by atoms with Gasteiger partial charge in [0.1, 0.15) is 28.6 Å². The highest BCUT2D eigenvalue weighted by molar-refractivity contribution is 6.24.